The van der Waals surface area contributed by atoms with E-state index in [-0.39, 0.29) is 35.5 Å². The van der Waals surface area contributed by atoms with Gasteiger partial charge in [0.05, 0.1) is 22.6 Å². The van der Waals surface area contributed by atoms with Crippen LogP contribution in [0.1, 0.15) is 34.1 Å². The van der Waals surface area contributed by atoms with Crippen molar-refractivity contribution in [2.45, 2.75) is 24.3 Å². The van der Waals surface area contributed by atoms with Crippen molar-refractivity contribution in [3.63, 3.8) is 0 Å². The van der Waals surface area contributed by atoms with Gasteiger partial charge >= 0.3 is 0 Å². The summed E-state index contributed by atoms with van der Waals surface area (Å²) in [6, 6.07) is 19.4. The Kier molecular flexibility index (Phi) is 8.41. The predicted octanol–water partition coefficient (Wildman–Crippen LogP) is 3.05. The van der Waals surface area contributed by atoms with E-state index in [0.29, 0.717) is 11.5 Å². The average Bonchev–Trinajstić information content (AvgIpc) is 3.20. The standard InChI is InChI=1S/C28H25N3O7S/c1-2-3-18-31(39(36,37)22-15-13-21(14-16-22)38-20-9-5-4-6-10-20)25(26(32)29-35)17-19-30-27(33)23-11-7-8-12-24(23)28(30)34/h4-16,25,35H,17-19H2,1H3,(H,29,32). The van der Waals surface area contributed by atoms with E-state index in [2.05, 4.69) is 11.8 Å². The van der Waals surface area contributed by atoms with Gasteiger partial charge in [-0.15, -0.1) is 5.92 Å². The molecule has 10 nitrogen and oxygen atoms in total. The van der Waals surface area contributed by atoms with Crippen molar-refractivity contribution in [1.82, 2.24) is 14.7 Å². The quantitative estimate of drug-likeness (QED) is 0.173. The Morgan fingerprint density at radius 2 is 1.51 bits per heavy atom. The molecule has 4 rings (SSSR count). The summed E-state index contributed by atoms with van der Waals surface area (Å²) in [5, 5.41) is 9.41. The minimum absolute atomic E-state index is 0.141. The Bertz CT molecular complexity index is 1510. The van der Waals surface area contributed by atoms with Crippen LogP contribution in [0.4, 0.5) is 0 Å². The van der Waals surface area contributed by atoms with Crippen LogP contribution in [-0.2, 0) is 14.8 Å². The summed E-state index contributed by atoms with van der Waals surface area (Å²) in [7, 11) is -4.33. The summed E-state index contributed by atoms with van der Waals surface area (Å²) < 4.78 is 33.9. The Labute approximate surface area is 225 Å². The molecule has 1 aliphatic heterocycles. The van der Waals surface area contributed by atoms with Gasteiger partial charge in [-0.3, -0.25) is 24.5 Å². The van der Waals surface area contributed by atoms with Gasteiger partial charge in [0.2, 0.25) is 10.0 Å². The van der Waals surface area contributed by atoms with Gasteiger partial charge in [-0.05, 0) is 61.9 Å². The van der Waals surface area contributed by atoms with Crippen molar-refractivity contribution in [3.05, 3.63) is 90.0 Å². The minimum atomic E-state index is -4.33. The fraction of sp³-hybridized carbons (Fsp3) is 0.179. The topological polar surface area (TPSA) is 133 Å². The number of carbonyl (C=O) groups is 3. The number of amides is 3. The number of hydrogen-bond acceptors (Lipinski definition) is 7. The second-order valence-electron chi connectivity index (χ2n) is 8.45. The highest BCUT2D eigenvalue weighted by molar-refractivity contribution is 7.89. The zero-order valence-electron chi connectivity index (χ0n) is 20.9. The third-order valence-electron chi connectivity index (χ3n) is 6.09. The number of ether oxygens (including phenoxy) is 1. The highest BCUT2D eigenvalue weighted by atomic mass is 32.2. The lowest BCUT2D eigenvalue weighted by Crippen LogP contribution is -2.50. The van der Waals surface area contributed by atoms with Gasteiger partial charge in [-0.1, -0.05) is 36.3 Å². The van der Waals surface area contributed by atoms with E-state index in [1.807, 2.05) is 6.07 Å². The first-order valence-corrected chi connectivity index (χ1v) is 13.4. The maximum absolute atomic E-state index is 13.7. The molecular weight excluding hydrogens is 522 g/mol. The number of rotatable bonds is 10. The molecule has 0 aromatic heterocycles. The second kappa shape index (κ2) is 11.9. The molecule has 1 unspecified atom stereocenters. The van der Waals surface area contributed by atoms with Gasteiger partial charge in [0.25, 0.3) is 17.7 Å². The molecule has 0 saturated carbocycles. The molecule has 0 saturated heterocycles. The van der Waals surface area contributed by atoms with Crippen molar-refractivity contribution in [2.75, 3.05) is 13.1 Å². The first-order chi connectivity index (χ1) is 18.8. The molecular formula is C28H25N3O7S. The summed E-state index contributed by atoms with van der Waals surface area (Å²) in [5.74, 6) is 4.10. The van der Waals surface area contributed by atoms with E-state index in [9.17, 15) is 28.0 Å². The summed E-state index contributed by atoms with van der Waals surface area (Å²) in [5.41, 5.74) is 1.95. The molecule has 200 valence electrons. The molecule has 39 heavy (non-hydrogen) atoms. The molecule has 1 aliphatic rings. The van der Waals surface area contributed by atoms with Crippen LogP contribution in [0.3, 0.4) is 0 Å². The van der Waals surface area contributed by atoms with Gasteiger partial charge in [0.1, 0.15) is 17.5 Å². The van der Waals surface area contributed by atoms with Crippen molar-refractivity contribution >= 4 is 27.7 Å². The maximum atomic E-state index is 13.7. The molecule has 0 spiro atoms. The van der Waals surface area contributed by atoms with E-state index in [0.717, 1.165) is 9.21 Å². The molecule has 0 fully saturated rings. The van der Waals surface area contributed by atoms with Crippen molar-refractivity contribution in [2.24, 2.45) is 0 Å². The number of hydroxylamine groups is 1. The molecule has 3 aromatic carbocycles. The normalized spacial score (nSPS) is 13.5. The van der Waals surface area contributed by atoms with E-state index in [4.69, 9.17) is 4.74 Å². The number of nitrogens with zero attached hydrogens (tertiary/aromatic N) is 2. The number of carbonyl (C=O) groups excluding carboxylic acids is 3. The maximum Gasteiger partial charge on any atom is 0.261 e. The summed E-state index contributed by atoms with van der Waals surface area (Å²) in [6.07, 6.45) is -0.280. The third kappa shape index (κ3) is 5.83. The van der Waals surface area contributed by atoms with Crippen molar-refractivity contribution < 1.29 is 32.7 Å². The predicted molar refractivity (Wildman–Crippen MR) is 140 cm³/mol. The number of imide groups is 1. The smallest absolute Gasteiger partial charge is 0.261 e. The van der Waals surface area contributed by atoms with E-state index in [1.54, 1.807) is 36.4 Å². The largest absolute Gasteiger partial charge is 0.457 e. The number of nitrogens with one attached hydrogen (secondary N) is 1. The van der Waals surface area contributed by atoms with Crippen LogP contribution in [0.15, 0.2) is 83.8 Å². The third-order valence-corrected chi connectivity index (χ3v) is 7.95. The van der Waals surface area contributed by atoms with Gasteiger partial charge in [-0.25, -0.2) is 13.9 Å². The average molecular weight is 548 g/mol. The number of benzene rings is 3. The van der Waals surface area contributed by atoms with Crippen molar-refractivity contribution in [3.8, 4) is 23.3 Å². The number of para-hydroxylation sites is 1. The first kappa shape index (κ1) is 27.5. The van der Waals surface area contributed by atoms with Gasteiger partial charge in [0.15, 0.2) is 0 Å². The minimum Gasteiger partial charge on any atom is -0.457 e. The van der Waals surface area contributed by atoms with Crippen LogP contribution in [-0.4, -0.2) is 59.7 Å². The summed E-state index contributed by atoms with van der Waals surface area (Å²) >= 11 is 0. The highest BCUT2D eigenvalue weighted by Gasteiger charge is 2.39. The lowest BCUT2D eigenvalue weighted by Gasteiger charge is -2.29. The van der Waals surface area contributed by atoms with Gasteiger partial charge < -0.3 is 4.74 Å². The Morgan fingerprint density at radius 3 is 2.08 bits per heavy atom. The summed E-state index contributed by atoms with van der Waals surface area (Å²) in [4.78, 5) is 39.1. The zero-order valence-corrected chi connectivity index (χ0v) is 21.7. The molecule has 0 bridgehead atoms. The lowest BCUT2D eigenvalue weighted by molar-refractivity contribution is -0.133. The SMILES string of the molecule is CC#CCN(C(CCN1C(=O)c2ccccc2C1=O)C(=O)NO)S(=O)(=O)c1ccc(Oc2ccccc2)cc1. The zero-order chi connectivity index (χ0) is 28.0. The number of hydrogen-bond donors (Lipinski definition) is 2. The van der Waals surface area contributed by atoms with E-state index >= 15 is 0 Å². The van der Waals surface area contributed by atoms with Crippen LogP contribution < -0.4 is 10.2 Å². The molecule has 3 amide bonds. The van der Waals surface area contributed by atoms with Crippen molar-refractivity contribution in [1.29, 1.82) is 0 Å². The molecule has 2 N–H and O–H groups in total. The Morgan fingerprint density at radius 1 is 0.949 bits per heavy atom. The molecule has 0 radical (unpaired) electrons. The number of fused-ring (bicyclic) bond motifs is 1. The van der Waals surface area contributed by atoms with E-state index < -0.39 is 33.8 Å². The molecule has 1 atom stereocenters. The van der Waals surface area contributed by atoms with Crippen LogP contribution in [0.25, 0.3) is 0 Å². The summed E-state index contributed by atoms with van der Waals surface area (Å²) in [6.45, 7) is 0.877. The molecule has 11 heteroatoms. The fourth-order valence-corrected chi connectivity index (χ4v) is 5.65. The first-order valence-electron chi connectivity index (χ1n) is 11.9. The number of sulfonamides is 1. The molecule has 1 heterocycles. The van der Waals surface area contributed by atoms with Crippen LogP contribution in [0.2, 0.25) is 0 Å². The van der Waals surface area contributed by atoms with Crippen LogP contribution >= 0.6 is 0 Å². The highest BCUT2D eigenvalue weighted by Crippen LogP contribution is 2.27. The molecule has 0 aliphatic carbocycles. The Balaban J connectivity index is 1.59. The Hall–Kier alpha value is -4.50. The monoisotopic (exact) mass is 547 g/mol. The van der Waals surface area contributed by atoms with Crippen LogP contribution in [0.5, 0.6) is 11.5 Å². The van der Waals surface area contributed by atoms with Crippen LogP contribution in [0, 0.1) is 11.8 Å². The molecule has 3 aromatic rings. The van der Waals surface area contributed by atoms with Gasteiger partial charge in [0, 0.05) is 6.54 Å². The van der Waals surface area contributed by atoms with E-state index in [1.165, 1.54) is 48.8 Å². The second-order valence-corrected chi connectivity index (χ2v) is 10.3. The van der Waals surface area contributed by atoms with Gasteiger partial charge in [-0.2, -0.15) is 4.31 Å². The lowest BCUT2D eigenvalue weighted by atomic mass is 10.1. The fourth-order valence-electron chi connectivity index (χ4n) is 4.13.